The average Bonchev–Trinajstić information content (AvgIpc) is 3.09. The molecule has 1 aliphatic heterocycles. The lowest BCUT2D eigenvalue weighted by atomic mass is 10.0. The number of aromatic nitrogens is 1. The zero-order chi connectivity index (χ0) is 15.9. The maximum Gasteiger partial charge on any atom is 0.220 e. The van der Waals surface area contributed by atoms with Gasteiger partial charge in [0, 0.05) is 25.3 Å². The van der Waals surface area contributed by atoms with E-state index in [4.69, 9.17) is 9.47 Å². The van der Waals surface area contributed by atoms with E-state index in [1.54, 1.807) is 6.20 Å². The number of pyridine rings is 1. The summed E-state index contributed by atoms with van der Waals surface area (Å²) < 4.78 is 11.4. The van der Waals surface area contributed by atoms with Crippen LogP contribution in [0, 0.1) is 5.92 Å². The van der Waals surface area contributed by atoms with E-state index in [1.807, 2.05) is 18.2 Å². The number of ether oxygens (including phenoxy) is 2. The number of amides is 1. The topological polar surface area (TPSA) is 60.5 Å². The molecule has 1 aromatic heterocycles. The largest absolute Gasteiger partial charge is 0.470 e. The molecular formula is C18H26N2O3. The van der Waals surface area contributed by atoms with Gasteiger partial charge in [-0.3, -0.25) is 4.79 Å². The molecule has 1 N–H and O–H groups in total. The van der Waals surface area contributed by atoms with Crippen LogP contribution in [0.1, 0.15) is 44.9 Å². The fourth-order valence-electron chi connectivity index (χ4n) is 3.48. The lowest BCUT2D eigenvalue weighted by Gasteiger charge is -2.32. The Bertz CT molecular complexity index is 488. The van der Waals surface area contributed by atoms with Gasteiger partial charge in [0.05, 0.1) is 12.6 Å². The Morgan fingerprint density at radius 1 is 1.30 bits per heavy atom. The predicted molar refractivity (Wildman–Crippen MR) is 87.2 cm³/mol. The summed E-state index contributed by atoms with van der Waals surface area (Å²) in [5, 5.41) is 3.14. The van der Waals surface area contributed by atoms with Gasteiger partial charge in [0.1, 0.15) is 6.10 Å². The van der Waals surface area contributed by atoms with Gasteiger partial charge < -0.3 is 14.8 Å². The molecule has 1 aliphatic carbocycles. The van der Waals surface area contributed by atoms with Gasteiger partial charge in [0.15, 0.2) is 0 Å². The first-order chi connectivity index (χ1) is 11.3. The summed E-state index contributed by atoms with van der Waals surface area (Å²) >= 11 is 0. The molecule has 1 amide bonds. The van der Waals surface area contributed by atoms with Crippen LogP contribution >= 0.6 is 0 Å². The Kier molecular flexibility index (Phi) is 5.86. The fourth-order valence-corrected chi connectivity index (χ4v) is 3.48. The van der Waals surface area contributed by atoms with Crippen LogP contribution in [-0.4, -0.2) is 36.3 Å². The number of rotatable bonds is 6. The molecule has 2 fully saturated rings. The van der Waals surface area contributed by atoms with Gasteiger partial charge in [-0.2, -0.15) is 0 Å². The molecule has 1 saturated carbocycles. The minimum absolute atomic E-state index is 0.00170. The number of nitrogens with one attached hydrogen (secondary N) is 1. The average molecular weight is 318 g/mol. The van der Waals surface area contributed by atoms with Gasteiger partial charge in [0.25, 0.3) is 0 Å². The molecule has 2 unspecified atom stereocenters. The Morgan fingerprint density at radius 2 is 2.17 bits per heavy atom. The van der Waals surface area contributed by atoms with E-state index in [-0.39, 0.29) is 18.1 Å². The second-order valence-electron chi connectivity index (χ2n) is 6.55. The summed E-state index contributed by atoms with van der Waals surface area (Å²) in [6.07, 6.45) is 9.18. The number of nitrogens with zero attached hydrogens (tertiary/aromatic N) is 1. The molecule has 5 nitrogen and oxygen atoms in total. The molecule has 0 spiro atoms. The van der Waals surface area contributed by atoms with Crippen molar-refractivity contribution in [1.82, 2.24) is 10.3 Å². The van der Waals surface area contributed by atoms with Gasteiger partial charge in [-0.05, 0) is 24.8 Å². The molecule has 2 heterocycles. The van der Waals surface area contributed by atoms with Crippen molar-refractivity contribution in [1.29, 1.82) is 0 Å². The molecule has 0 bridgehead atoms. The maximum absolute atomic E-state index is 12.2. The number of hydrogen-bond acceptors (Lipinski definition) is 4. The minimum Gasteiger partial charge on any atom is -0.470 e. The van der Waals surface area contributed by atoms with Crippen molar-refractivity contribution >= 4 is 5.91 Å². The van der Waals surface area contributed by atoms with E-state index in [0.717, 1.165) is 18.8 Å². The monoisotopic (exact) mass is 318 g/mol. The zero-order valence-electron chi connectivity index (χ0n) is 13.6. The molecular weight excluding hydrogens is 292 g/mol. The molecule has 1 saturated heterocycles. The number of carbonyl (C=O) groups is 1. The van der Waals surface area contributed by atoms with Crippen molar-refractivity contribution in [2.24, 2.45) is 5.92 Å². The van der Waals surface area contributed by atoms with Crippen molar-refractivity contribution in [3.8, 4) is 5.88 Å². The summed E-state index contributed by atoms with van der Waals surface area (Å²) in [5.41, 5.74) is 0. The summed E-state index contributed by atoms with van der Waals surface area (Å²) in [6, 6.07) is 5.57. The lowest BCUT2D eigenvalue weighted by molar-refractivity contribution is -0.124. The van der Waals surface area contributed by atoms with Crippen LogP contribution in [0.3, 0.4) is 0 Å². The maximum atomic E-state index is 12.2. The molecule has 5 heteroatoms. The first-order valence-electron chi connectivity index (χ1n) is 8.76. The van der Waals surface area contributed by atoms with Crippen LogP contribution in [0.4, 0.5) is 0 Å². The molecule has 0 radical (unpaired) electrons. The van der Waals surface area contributed by atoms with Crippen molar-refractivity contribution in [3.63, 3.8) is 0 Å². The van der Waals surface area contributed by atoms with Crippen LogP contribution < -0.4 is 10.1 Å². The van der Waals surface area contributed by atoms with E-state index in [1.165, 1.54) is 25.7 Å². The Morgan fingerprint density at radius 3 is 2.96 bits per heavy atom. The number of hydrogen-bond donors (Lipinski definition) is 1. The van der Waals surface area contributed by atoms with Crippen molar-refractivity contribution in [2.75, 3.05) is 13.2 Å². The van der Waals surface area contributed by atoms with E-state index < -0.39 is 0 Å². The first kappa shape index (κ1) is 16.2. The number of carbonyl (C=O) groups excluding carboxylic acids is 1. The Labute approximate surface area is 137 Å². The fraction of sp³-hybridized carbons (Fsp3) is 0.667. The zero-order valence-corrected chi connectivity index (χ0v) is 13.6. The van der Waals surface area contributed by atoms with Gasteiger partial charge in [0.2, 0.25) is 11.8 Å². The van der Waals surface area contributed by atoms with Crippen LogP contribution in [0.25, 0.3) is 0 Å². The first-order valence-corrected chi connectivity index (χ1v) is 8.76. The van der Waals surface area contributed by atoms with Crippen LogP contribution in [0.15, 0.2) is 24.4 Å². The Hall–Kier alpha value is -1.62. The summed E-state index contributed by atoms with van der Waals surface area (Å²) in [7, 11) is 0. The molecule has 2 atom stereocenters. The second-order valence-corrected chi connectivity index (χ2v) is 6.55. The van der Waals surface area contributed by atoms with Crippen molar-refractivity contribution in [3.05, 3.63) is 24.4 Å². The predicted octanol–water partition coefficient (Wildman–Crippen LogP) is 2.70. The van der Waals surface area contributed by atoms with E-state index in [9.17, 15) is 4.79 Å². The van der Waals surface area contributed by atoms with Gasteiger partial charge in [-0.1, -0.05) is 31.7 Å². The third kappa shape index (κ3) is 4.93. The third-order valence-corrected chi connectivity index (χ3v) is 4.81. The highest BCUT2D eigenvalue weighted by Crippen LogP contribution is 2.28. The summed E-state index contributed by atoms with van der Waals surface area (Å²) in [6.45, 7) is 1.15. The Balaban J connectivity index is 1.48. The SMILES string of the molecule is O=C(CCC1CCCC1)NC1CCOCC1Oc1ccccn1. The highest BCUT2D eigenvalue weighted by Gasteiger charge is 2.29. The van der Waals surface area contributed by atoms with Crippen molar-refractivity contribution < 1.29 is 14.3 Å². The van der Waals surface area contributed by atoms with Gasteiger partial charge >= 0.3 is 0 Å². The van der Waals surface area contributed by atoms with E-state index in [0.29, 0.717) is 25.5 Å². The molecule has 1 aromatic rings. The molecule has 3 rings (SSSR count). The van der Waals surface area contributed by atoms with Crippen LogP contribution in [-0.2, 0) is 9.53 Å². The highest BCUT2D eigenvalue weighted by atomic mass is 16.5. The summed E-state index contributed by atoms with van der Waals surface area (Å²) in [4.78, 5) is 16.4. The minimum atomic E-state index is -0.172. The van der Waals surface area contributed by atoms with Gasteiger partial charge in [-0.25, -0.2) is 4.98 Å². The lowest BCUT2D eigenvalue weighted by Crippen LogP contribution is -2.51. The molecule has 23 heavy (non-hydrogen) atoms. The van der Waals surface area contributed by atoms with Gasteiger partial charge in [-0.15, -0.1) is 0 Å². The third-order valence-electron chi connectivity index (χ3n) is 4.81. The smallest absolute Gasteiger partial charge is 0.220 e. The van der Waals surface area contributed by atoms with Crippen LogP contribution in [0.5, 0.6) is 5.88 Å². The summed E-state index contributed by atoms with van der Waals surface area (Å²) in [5.74, 6) is 1.46. The van der Waals surface area contributed by atoms with E-state index >= 15 is 0 Å². The quantitative estimate of drug-likeness (QED) is 0.876. The van der Waals surface area contributed by atoms with Crippen LogP contribution in [0.2, 0.25) is 0 Å². The molecule has 2 aliphatic rings. The molecule has 0 aromatic carbocycles. The van der Waals surface area contributed by atoms with Crippen molar-refractivity contribution in [2.45, 2.75) is 57.1 Å². The van der Waals surface area contributed by atoms with E-state index in [2.05, 4.69) is 10.3 Å². The molecule has 126 valence electrons. The standard InChI is InChI=1S/C18H26N2O3/c21-17(9-8-14-5-1-2-6-14)20-15-10-12-22-13-16(15)23-18-7-3-4-11-19-18/h3-4,7,11,14-16H,1-2,5-6,8-10,12-13H2,(H,20,21). The highest BCUT2D eigenvalue weighted by molar-refractivity contribution is 5.76. The normalized spacial score (nSPS) is 25.2. The second kappa shape index (κ2) is 8.29.